The van der Waals surface area contributed by atoms with Crippen molar-refractivity contribution >= 4 is 16.1 Å². The van der Waals surface area contributed by atoms with E-state index in [-0.39, 0.29) is 24.5 Å². The van der Waals surface area contributed by atoms with Crippen LogP contribution >= 0.6 is 0 Å². The lowest BCUT2D eigenvalue weighted by molar-refractivity contribution is -0.136. The average molecular weight is 364 g/mol. The molecule has 2 aromatic rings. The van der Waals surface area contributed by atoms with Crippen LogP contribution in [0.2, 0.25) is 0 Å². The van der Waals surface area contributed by atoms with Gasteiger partial charge >= 0.3 is 5.97 Å². The molecule has 0 bridgehead atoms. The second-order valence-corrected chi connectivity index (χ2v) is 7.09. The maximum Gasteiger partial charge on any atom is 0.303 e. The molecule has 0 fully saturated rings. The average Bonchev–Trinajstić information content (AvgIpc) is 2.58. The Kier molecular flexibility index (Phi) is 6.55. The van der Waals surface area contributed by atoms with Crippen molar-refractivity contribution in [2.24, 2.45) is 0 Å². The normalized spacial score (nSPS) is 11.2. The summed E-state index contributed by atoms with van der Waals surface area (Å²) in [6, 6.07) is 13.5. The van der Waals surface area contributed by atoms with E-state index in [4.69, 9.17) is 14.0 Å². The van der Waals surface area contributed by atoms with E-state index in [1.807, 2.05) is 13.0 Å². The topological polar surface area (TPSA) is 89.9 Å². The fourth-order valence-corrected chi connectivity index (χ4v) is 3.14. The predicted molar refractivity (Wildman–Crippen MR) is 92.2 cm³/mol. The third-order valence-electron chi connectivity index (χ3n) is 3.42. The molecule has 0 unspecified atom stereocenters. The Hall–Kier alpha value is -2.38. The highest BCUT2D eigenvalue weighted by molar-refractivity contribution is 7.86. The quantitative estimate of drug-likeness (QED) is 0.544. The number of ether oxygens (including phenoxy) is 1. The highest BCUT2D eigenvalue weighted by Crippen LogP contribution is 2.15. The van der Waals surface area contributed by atoms with Crippen LogP contribution in [0.5, 0.6) is 5.75 Å². The van der Waals surface area contributed by atoms with Gasteiger partial charge in [-0.3, -0.25) is 8.98 Å². The van der Waals surface area contributed by atoms with Gasteiger partial charge in [0.1, 0.15) is 19.0 Å². The Bertz CT molecular complexity index is 812. The Balaban J connectivity index is 1.80. The number of carboxylic acid groups (broad SMARTS) is 1. The summed E-state index contributed by atoms with van der Waals surface area (Å²) in [5, 5.41) is 8.65. The summed E-state index contributed by atoms with van der Waals surface area (Å²) in [6.45, 7) is 1.79. The lowest BCUT2D eigenvalue weighted by Crippen LogP contribution is -2.13. The number of carboxylic acids is 1. The van der Waals surface area contributed by atoms with E-state index in [9.17, 15) is 13.2 Å². The second kappa shape index (κ2) is 8.64. The van der Waals surface area contributed by atoms with Crippen LogP contribution in [0, 0.1) is 6.92 Å². The molecule has 7 heteroatoms. The van der Waals surface area contributed by atoms with Crippen molar-refractivity contribution in [3.05, 3.63) is 59.7 Å². The van der Waals surface area contributed by atoms with Crippen LogP contribution in [0.25, 0.3) is 0 Å². The van der Waals surface area contributed by atoms with Crippen molar-refractivity contribution in [3.63, 3.8) is 0 Å². The van der Waals surface area contributed by atoms with E-state index >= 15 is 0 Å². The summed E-state index contributed by atoms with van der Waals surface area (Å²) < 4.78 is 34.5. The molecular weight excluding hydrogens is 344 g/mol. The zero-order chi connectivity index (χ0) is 18.3. The molecule has 0 radical (unpaired) electrons. The van der Waals surface area contributed by atoms with Crippen molar-refractivity contribution in [1.82, 2.24) is 0 Å². The molecular formula is C18H20O6S. The largest absolute Gasteiger partial charge is 0.491 e. The van der Waals surface area contributed by atoms with Gasteiger partial charge in [-0.25, -0.2) is 0 Å². The lowest BCUT2D eigenvalue weighted by Gasteiger charge is -2.09. The molecule has 2 rings (SSSR count). The summed E-state index contributed by atoms with van der Waals surface area (Å²) in [6.07, 6.45) is 0.526. The number of benzene rings is 2. The summed E-state index contributed by atoms with van der Waals surface area (Å²) in [4.78, 5) is 10.6. The van der Waals surface area contributed by atoms with Gasteiger partial charge in [-0.2, -0.15) is 8.42 Å². The molecule has 25 heavy (non-hydrogen) atoms. The van der Waals surface area contributed by atoms with Gasteiger partial charge in [-0.05, 0) is 48.7 Å². The van der Waals surface area contributed by atoms with Crippen LogP contribution in [0.15, 0.2) is 53.4 Å². The van der Waals surface area contributed by atoms with Crippen LogP contribution in [0.3, 0.4) is 0 Å². The molecule has 0 atom stereocenters. The smallest absolute Gasteiger partial charge is 0.303 e. The van der Waals surface area contributed by atoms with E-state index in [1.165, 1.54) is 6.07 Å². The van der Waals surface area contributed by atoms with Gasteiger partial charge in [0.2, 0.25) is 0 Å². The molecule has 0 aliphatic heterocycles. The van der Waals surface area contributed by atoms with Gasteiger partial charge in [0, 0.05) is 6.42 Å². The maximum atomic E-state index is 12.0. The van der Waals surface area contributed by atoms with Gasteiger partial charge in [0.25, 0.3) is 10.1 Å². The standard InChI is InChI=1S/C18H20O6S/c1-14-3-2-4-17(13-14)25(21,22)24-12-11-23-16-8-5-15(6-9-16)7-10-18(19)20/h2-6,8-9,13H,7,10-12H2,1H3,(H,19,20). The van der Waals surface area contributed by atoms with E-state index < -0.39 is 16.1 Å². The molecule has 1 N–H and O–H groups in total. The van der Waals surface area contributed by atoms with Crippen LogP contribution in [-0.2, 0) is 25.5 Å². The molecule has 0 amide bonds. The summed E-state index contributed by atoms with van der Waals surface area (Å²) >= 11 is 0. The zero-order valence-electron chi connectivity index (χ0n) is 13.8. The van der Waals surface area contributed by atoms with Crippen molar-refractivity contribution in [2.75, 3.05) is 13.2 Å². The molecule has 0 aliphatic carbocycles. The first-order valence-electron chi connectivity index (χ1n) is 7.76. The van der Waals surface area contributed by atoms with Gasteiger partial charge in [-0.1, -0.05) is 24.3 Å². The fraction of sp³-hybridized carbons (Fsp3) is 0.278. The van der Waals surface area contributed by atoms with E-state index in [2.05, 4.69) is 0 Å². The van der Waals surface area contributed by atoms with Crippen molar-refractivity contribution in [3.8, 4) is 5.75 Å². The molecule has 0 saturated carbocycles. The van der Waals surface area contributed by atoms with Crippen molar-refractivity contribution < 1.29 is 27.2 Å². The van der Waals surface area contributed by atoms with E-state index in [0.717, 1.165) is 11.1 Å². The molecule has 0 aromatic heterocycles. The van der Waals surface area contributed by atoms with Gasteiger partial charge < -0.3 is 9.84 Å². The number of rotatable bonds is 9. The van der Waals surface area contributed by atoms with Crippen LogP contribution in [0.4, 0.5) is 0 Å². The van der Waals surface area contributed by atoms with Crippen LogP contribution in [-0.4, -0.2) is 32.7 Å². The third-order valence-corrected chi connectivity index (χ3v) is 4.73. The maximum absolute atomic E-state index is 12.0. The van der Waals surface area contributed by atoms with Gasteiger partial charge in [0.05, 0.1) is 4.90 Å². The first-order chi connectivity index (χ1) is 11.9. The Morgan fingerprint density at radius 2 is 1.80 bits per heavy atom. The summed E-state index contributed by atoms with van der Waals surface area (Å²) in [5.74, 6) is -0.275. The number of hydrogen-bond donors (Lipinski definition) is 1. The third kappa shape index (κ3) is 6.21. The highest BCUT2D eigenvalue weighted by atomic mass is 32.2. The van der Waals surface area contributed by atoms with Crippen molar-refractivity contribution in [2.45, 2.75) is 24.7 Å². The van der Waals surface area contributed by atoms with Gasteiger partial charge in [0.15, 0.2) is 0 Å². The molecule has 0 aliphatic rings. The summed E-state index contributed by atoms with van der Waals surface area (Å²) in [5.41, 5.74) is 1.73. The van der Waals surface area contributed by atoms with Crippen molar-refractivity contribution in [1.29, 1.82) is 0 Å². The Morgan fingerprint density at radius 1 is 1.08 bits per heavy atom. The second-order valence-electron chi connectivity index (χ2n) is 5.48. The number of aliphatic carboxylic acids is 1. The first kappa shape index (κ1) is 19.0. The molecule has 0 saturated heterocycles. The monoisotopic (exact) mass is 364 g/mol. The molecule has 134 valence electrons. The summed E-state index contributed by atoms with van der Waals surface area (Å²) in [7, 11) is -3.80. The SMILES string of the molecule is Cc1cccc(S(=O)(=O)OCCOc2ccc(CCC(=O)O)cc2)c1. The Labute approximate surface area is 147 Å². The van der Waals surface area contributed by atoms with Crippen LogP contribution < -0.4 is 4.74 Å². The van der Waals surface area contributed by atoms with Gasteiger partial charge in [-0.15, -0.1) is 0 Å². The van der Waals surface area contributed by atoms with Crippen LogP contribution in [0.1, 0.15) is 17.5 Å². The predicted octanol–water partition coefficient (Wildman–Crippen LogP) is 2.80. The van der Waals surface area contributed by atoms with E-state index in [0.29, 0.717) is 12.2 Å². The number of carbonyl (C=O) groups is 1. The highest BCUT2D eigenvalue weighted by Gasteiger charge is 2.14. The Morgan fingerprint density at radius 3 is 2.44 bits per heavy atom. The molecule has 2 aromatic carbocycles. The van der Waals surface area contributed by atoms with E-state index in [1.54, 1.807) is 36.4 Å². The molecule has 0 spiro atoms. The number of hydrogen-bond acceptors (Lipinski definition) is 5. The minimum absolute atomic E-state index is 0.0743. The lowest BCUT2D eigenvalue weighted by atomic mass is 10.1. The number of aryl methyl sites for hydroxylation is 2. The molecule has 0 heterocycles. The minimum atomic E-state index is -3.80. The molecule has 6 nitrogen and oxygen atoms in total. The first-order valence-corrected chi connectivity index (χ1v) is 9.17. The zero-order valence-corrected chi connectivity index (χ0v) is 14.7. The minimum Gasteiger partial charge on any atom is -0.491 e. The fourth-order valence-electron chi connectivity index (χ4n) is 2.15.